The van der Waals surface area contributed by atoms with Crippen LogP contribution >= 0.6 is 93.0 Å². The third-order valence-electron chi connectivity index (χ3n) is 13.5. The Morgan fingerprint density at radius 3 is 1.25 bits per heavy atom. The van der Waals surface area contributed by atoms with Gasteiger partial charge in [-0.15, -0.1) is 0 Å². The van der Waals surface area contributed by atoms with E-state index in [1.54, 1.807) is 74.5 Å². The van der Waals surface area contributed by atoms with Crippen LogP contribution in [0, 0.1) is 46.5 Å². The van der Waals surface area contributed by atoms with Crippen LogP contribution in [0.15, 0.2) is 196 Å². The minimum Gasteiger partial charge on any atom is 0 e. The predicted octanol–water partition coefficient (Wildman–Crippen LogP) is 21.1. The molecule has 0 saturated carbocycles. The number of aromatic nitrogens is 5. The maximum atomic E-state index is 11.1. The second kappa shape index (κ2) is 70.5. The van der Waals surface area contributed by atoms with E-state index in [1.807, 2.05) is 96.4 Å². The number of aldehydes is 2. The number of nitrogens with zero attached hydrogens (tertiary/aromatic N) is 20. The molecular formula is C78H102Cl8N28O12Se. The summed E-state index contributed by atoms with van der Waals surface area (Å²) in [6.45, 7) is 21.6. The van der Waals surface area contributed by atoms with E-state index in [9.17, 15) is 39.4 Å². The molecule has 49 heteroatoms. The third-order valence-corrected chi connectivity index (χ3v) is 14.9. The molecule has 0 atom stereocenters. The summed E-state index contributed by atoms with van der Waals surface area (Å²) >= 11 is 42.7. The number of likely N-dealkylation sites (N-methyl/N-ethyl adjacent to an activating group) is 2. The van der Waals surface area contributed by atoms with Crippen LogP contribution in [0.5, 0.6) is 0 Å². The number of non-ortho nitro benzene ring substituents is 1. The molecule has 0 aliphatic heterocycles. The molecule has 0 unspecified atom stereocenters. The second-order valence-electron chi connectivity index (χ2n) is 23.9. The largest absolute Gasteiger partial charge is 0 e. The van der Waals surface area contributed by atoms with Gasteiger partial charge in [0.2, 0.25) is 17.1 Å². The molecule has 0 aliphatic carbocycles. The van der Waals surface area contributed by atoms with Crippen molar-refractivity contribution in [2.75, 3.05) is 88.8 Å². The first-order chi connectivity index (χ1) is 60.2. The average Bonchev–Trinajstić information content (AvgIpc) is 0.840. The number of aliphatic hydroxyl groups is 1. The number of halogens is 8. The van der Waals surface area contributed by atoms with Crippen molar-refractivity contribution in [1.82, 2.24) is 40.0 Å². The first-order valence-corrected chi connectivity index (χ1v) is 40.1. The minimum atomic E-state index is -1.62. The number of nitro groups is 2. The molecule has 11 rings (SSSR count). The van der Waals surface area contributed by atoms with Crippen molar-refractivity contribution in [1.29, 1.82) is 5.53 Å². The molecule has 40 nitrogen and oxygen atoms in total. The molecule has 2 amide bonds. The molecular weight excluding hydrogens is 1880 g/mol. The number of anilines is 5. The molecule has 13 N–H and O–H groups in total. The number of hydrogen-bond acceptors (Lipinski definition) is 26. The third kappa shape index (κ3) is 53.4. The number of aliphatic hydroxyl groups excluding tert-OH is 1. The van der Waals surface area contributed by atoms with E-state index in [1.165, 1.54) is 52.0 Å². The summed E-state index contributed by atoms with van der Waals surface area (Å²) in [6.07, 6.45) is 1.41. The number of amides is 2. The van der Waals surface area contributed by atoms with Gasteiger partial charge < -0.3 is 58.6 Å². The van der Waals surface area contributed by atoms with Crippen LogP contribution < -0.4 is 38.9 Å². The van der Waals surface area contributed by atoms with Crippen LogP contribution in [0.3, 0.4) is 0 Å². The van der Waals surface area contributed by atoms with E-state index in [-0.39, 0.29) is 55.6 Å². The normalized spacial score (nSPS) is 10.0. The fourth-order valence-corrected chi connectivity index (χ4v) is 10.2. The van der Waals surface area contributed by atoms with Gasteiger partial charge in [0, 0.05) is 149 Å². The molecule has 5 heterocycles. The van der Waals surface area contributed by atoms with Gasteiger partial charge in [-0.3, -0.25) is 49.4 Å². The Labute approximate surface area is 782 Å². The second-order valence-corrected chi connectivity index (χ2v) is 27.5. The van der Waals surface area contributed by atoms with E-state index < -0.39 is 24.7 Å². The number of benzene rings is 6. The fourth-order valence-electron chi connectivity index (χ4n) is 8.86. The first-order valence-electron chi connectivity index (χ1n) is 36.8. The Morgan fingerprint density at radius 1 is 0.543 bits per heavy atom. The summed E-state index contributed by atoms with van der Waals surface area (Å²) in [7, 11) is 8.13. The van der Waals surface area contributed by atoms with Gasteiger partial charge in [0.05, 0.1) is 72.1 Å². The smallest absolute Gasteiger partial charge is 0 e. The number of nitrogen functional groups attached to an aromatic ring is 3. The standard InChI is InChI=1S/C14H19ClN4.C12H9ClN2O2.C12H11ClN2O.C10H7ClN2O2.C10H9ClN2.C6H5ClN2O2.C4H12N2.C2H3ClO.C2H6O.C2H4O.C2H6.2CH4.ClHN12.O2Se.H2/c1-19(2)6-5-17-9-12-4-3-10-7-11(15)8-13(16)14(10)18-12;1-7(17)14-11-5-9(13)4-8-2-3-10(6-16)15-12(8)11;1-7-3-4-9-5-10(13)6-11(12(9)14-7)15-8(2)16;1-6-2-3-7-4-8(11)5-9(13(14)15)10(7)12-6;1-6-2-3-7-4-8(11)5-9(12)10(7)13-6;7-4-1-2-5(8)6(3-4)9(10)11;1-6(2)4-3-5;1-2(3)4;2*1-2-3;1-2;;;1-3-5-7-9-11-13-12-10-8-6-4-2;1-3-2;/h3-4,7-8,17H,5-6,9,16H2,1-2H3;2-6H,1H3,(H,14,17);3-6H,1-2H3,(H,15,16);2-5H,1H3;2-5H,12H2,1H3;1-3H,8H2;3-5H2,1-2H3;1H3;3H,2H2,1H3;2H,1H3;1-2H3;2*1H4;2H;;1H/b;;;;;;;;;;;;;4-2?,5-3?,8-6+,9-7+,12-10+,13-11+;;/i;;;;;;;;;;;;;;;1+2D. The molecule has 0 fully saturated rings. The molecule has 5 aromatic heterocycles. The van der Waals surface area contributed by atoms with Gasteiger partial charge in [-0.05, 0) is 224 Å². The quantitative estimate of drug-likeness (QED) is 0.00597. The molecule has 688 valence electrons. The van der Waals surface area contributed by atoms with Crippen LogP contribution in [-0.4, -0.2) is 155 Å². The van der Waals surface area contributed by atoms with Crippen LogP contribution in [0.2, 0.25) is 30.1 Å². The average molecular weight is 1990 g/mol. The molecule has 0 saturated heterocycles. The Kier molecular flexibility index (Phi) is 66.4. The van der Waals surface area contributed by atoms with Gasteiger partial charge in [-0.1, -0.05) is 133 Å². The van der Waals surface area contributed by atoms with Crippen molar-refractivity contribution >= 4 is 232 Å². The van der Waals surface area contributed by atoms with E-state index in [2.05, 4.69) is 133 Å². The zero-order valence-corrected chi connectivity index (χ0v) is 77.6. The number of hydrogen-bond donors (Lipinski definition) is 9. The maximum absolute atomic E-state index is 11.1. The molecule has 6 aromatic carbocycles. The predicted molar refractivity (Wildman–Crippen MR) is 508 cm³/mol. The van der Waals surface area contributed by atoms with Crippen LogP contribution in [0.4, 0.5) is 39.8 Å². The van der Waals surface area contributed by atoms with Gasteiger partial charge in [0.1, 0.15) is 23.2 Å². The summed E-state index contributed by atoms with van der Waals surface area (Å²) in [5, 5.41) is 72.9. The fraction of sp³-hybridized carbons (Fsp3) is 0.282. The number of nitro benzene ring substituents is 2. The van der Waals surface area contributed by atoms with E-state index in [0.717, 1.165) is 99.9 Å². The molecule has 0 radical (unpaired) electrons. The van der Waals surface area contributed by atoms with Crippen molar-refractivity contribution in [3.8, 4) is 0 Å². The number of pyridine rings is 5. The topological polar surface area (TPSA) is 597 Å². The van der Waals surface area contributed by atoms with Crippen molar-refractivity contribution < 1.29 is 49.6 Å². The van der Waals surface area contributed by atoms with E-state index >= 15 is 0 Å². The number of nitrogens with two attached hydrogens (primary N) is 4. The summed E-state index contributed by atoms with van der Waals surface area (Å²) in [4.78, 5) is 96.6. The number of fused-ring (bicyclic) bond motifs is 5. The van der Waals surface area contributed by atoms with Crippen molar-refractivity contribution in [2.45, 2.75) is 90.6 Å². The van der Waals surface area contributed by atoms with E-state index in [0.29, 0.717) is 81.3 Å². The maximum Gasteiger partial charge on any atom is 0 e. The van der Waals surface area contributed by atoms with Gasteiger partial charge in [0.15, 0.2) is 6.29 Å². The summed E-state index contributed by atoms with van der Waals surface area (Å²) in [5.74, 6) is -0.348. The summed E-state index contributed by atoms with van der Waals surface area (Å²) in [6, 6.07) is 39.8. The summed E-state index contributed by atoms with van der Waals surface area (Å²) in [5.41, 5.74) is 37.9. The monoisotopic (exact) mass is 1990 g/mol. The Bertz CT molecular complexity index is 5530. The van der Waals surface area contributed by atoms with E-state index in [4.69, 9.17) is 130 Å². The van der Waals surface area contributed by atoms with Crippen LogP contribution in [0.25, 0.3) is 54.5 Å². The number of nitrogens with one attached hydrogen (secondary N) is 4. The molecule has 11 aromatic rings. The zero-order chi connectivity index (χ0) is 97.3. The molecule has 0 spiro atoms. The van der Waals surface area contributed by atoms with Crippen molar-refractivity contribution in [3.05, 3.63) is 218 Å². The Morgan fingerprint density at radius 2 is 0.882 bits per heavy atom. The first kappa shape index (κ1) is 120. The van der Waals surface area contributed by atoms with Gasteiger partial charge in [0.25, 0.3) is 11.4 Å². The van der Waals surface area contributed by atoms with Crippen molar-refractivity contribution in [2.24, 2.45) is 62.6 Å². The molecule has 0 aliphatic rings. The van der Waals surface area contributed by atoms with Gasteiger partial charge in [-0.25, -0.2) is 15.0 Å². The Hall–Kier alpha value is -11.6. The van der Waals surface area contributed by atoms with Crippen molar-refractivity contribution in [3.63, 3.8) is 0 Å². The molecule has 127 heavy (non-hydrogen) atoms. The summed E-state index contributed by atoms with van der Waals surface area (Å²) < 4.78 is 29.6. The number of carbonyl (C=O) groups is 5. The van der Waals surface area contributed by atoms with Crippen LogP contribution in [0.1, 0.15) is 99.6 Å². The minimum absolute atomic E-state index is 0. The number of rotatable bonds is 17. The van der Waals surface area contributed by atoms with Crippen LogP contribution in [-0.2, 0) is 33.4 Å². The zero-order valence-electron chi connectivity index (χ0n) is 71.8. The van der Waals surface area contributed by atoms with Gasteiger partial charge >= 0.3 is 22.5 Å². The van der Waals surface area contributed by atoms with Gasteiger partial charge in [-0.2, -0.15) is 5.53 Å². The number of carbonyl (C=O) groups excluding carboxylic acids is 5. The number of aryl methyl sites for hydroxylation is 3. The molecule has 0 bridgehead atoms. The SMILES string of the molecule is C.C.CC.CC(=O)Cl.CC(=O)Nc1cc(Cl)cc2ccc(C)nc12.CC(=O)Nc1cc(Cl)cc2ccc(C=O)nc12.CC=O.CCO.CN(C)CCN.CN(C)CCNCc1ccc2cc(Cl)cc(N)c2n1.Cc1ccc2cc(Cl)cc(N)c2n1.Cc1ccc2cc(Cl)cc([N+](=O)[O-])c2n1.N=N/N=N/N=N/N=N/N=N/N=NCl.Nc1ccc(Cl)cc1[N+](=O)[O-].O=[Se]=O.[2H][3H]. The Balaban J connectivity index is -0.000000446.